The third-order valence-corrected chi connectivity index (χ3v) is 2.80. The lowest BCUT2D eigenvalue weighted by Crippen LogP contribution is -2.30. The lowest BCUT2D eigenvalue weighted by molar-refractivity contribution is 0.0922. The molecule has 1 heterocycles. The number of ether oxygens (including phenoxy) is 1. The van der Waals surface area contributed by atoms with Crippen LogP contribution in [0.25, 0.3) is 0 Å². The van der Waals surface area contributed by atoms with Gasteiger partial charge in [0.15, 0.2) is 5.76 Å². The van der Waals surface area contributed by atoms with Gasteiger partial charge in [-0.05, 0) is 24.1 Å². The van der Waals surface area contributed by atoms with Crippen molar-refractivity contribution >= 4 is 5.91 Å². The number of nitrogen functional groups attached to an aromatic ring is 1. The molecule has 104 valence electrons. The molecule has 0 saturated carbocycles. The van der Waals surface area contributed by atoms with Crippen LogP contribution in [0.2, 0.25) is 0 Å². The van der Waals surface area contributed by atoms with Crippen molar-refractivity contribution < 1.29 is 13.9 Å². The second-order valence-electron chi connectivity index (χ2n) is 4.14. The highest BCUT2D eigenvalue weighted by molar-refractivity contribution is 5.92. The van der Waals surface area contributed by atoms with Gasteiger partial charge in [0.05, 0.1) is 6.26 Å². The fraction of sp³-hybridized carbons (Fsp3) is 0.133. The SMILES string of the molecule is C=CCc1ccccc1OCc1ccoc1C(=O)NN. The van der Waals surface area contributed by atoms with E-state index in [1.165, 1.54) is 6.26 Å². The molecule has 0 atom stereocenters. The molecule has 5 nitrogen and oxygen atoms in total. The van der Waals surface area contributed by atoms with Gasteiger partial charge in [-0.25, -0.2) is 5.84 Å². The largest absolute Gasteiger partial charge is 0.488 e. The van der Waals surface area contributed by atoms with Crippen LogP contribution in [0.3, 0.4) is 0 Å². The summed E-state index contributed by atoms with van der Waals surface area (Å²) in [5.41, 5.74) is 3.71. The van der Waals surface area contributed by atoms with Gasteiger partial charge < -0.3 is 9.15 Å². The normalized spacial score (nSPS) is 10.1. The molecule has 0 radical (unpaired) electrons. The summed E-state index contributed by atoms with van der Waals surface area (Å²) in [6.45, 7) is 3.95. The molecule has 0 aliphatic rings. The second kappa shape index (κ2) is 6.58. The highest BCUT2D eigenvalue weighted by atomic mass is 16.5. The summed E-state index contributed by atoms with van der Waals surface area (Å²) in [6, 6.07) is 9.36. The van der Waals surface area contributed by atoms with Crippen LogP contribution in [0.5, 0.6) is 5.75 Å². The zero-order valence-electron chi connectivity index (χ0n) is 11.0. The third-order valence-electron chi connectivity index (χ3n) is 2.80. The number of carbonyl (C=O) groups excluding carboxylic acids is 1. The first-order valence-corrected chi connectivity index (χ1v) is 6.15. The van der Waals surface area contributed by atoms with Crippen LogP contribution in [-0.2, 0) is 13.0 Å². The Kier molecular flexibility index (Phi) is 4.57. The van der Waals surface area contributed by atoms with Gasteiger partial charge in [0.2, 0.25) is 0 Å². The summed E-state index contributed by atoms with van der Waals surface area (Å²) in [4.78, 5) is 11.5. The van der Waals surface area contributed by atoms with E-state index in [0.717, 1.165) is 17.7 Å². The van der Waals surface area contributed by atoms with E-state index >= 15 is 0 Å². The van der Waals surface area contributed by atoms with Crippen molar-refractivity contribution in [3.05, 3.63) is 66.1 Å². The number of hydrogen-bond acceptors (Lipinski definition) is 4. The first-order chi connectivity index (χ1) is 9.76. The number of rotatable bonds is 6. The van der Waals surface area contributed by atoms with Gasteiger partial charge in [-0.1, -0.05) is 24.3 Å². The highest BCUT2D eigenvalue weighted by Gasteiger charge is 2.15. The number of carbonyl (C=O) groups is 1. The predicted molar refractivity (Wildman–Crippen MR) is 75.0 cm³/mol. The fourth-order valence-corrected chi connectivity index (χ4v) is 1.84. The molecular weight excluding hydrogens is 256 g/mol. The number of hydrogen-bond donors (Lipinski definition) is 2. The van der Waals surface area contributed by atoms with Crippen LogP contribution in [0, 0.1) is 0 Å². The molecule has 1 aromatic heterocycles. The van der Waals surface area contributed by atoms with E-state index in [2.05, 4.69) is 6.58 Å². The Morgan fingerprint density at radius 1 is 1.35 bits per heavy atom. The third kappa shape index (κ3) is 3.07. The molecule has 0 unspecified atom stereocenters. The minimum absolute atomic E-state index is 0.161. The Morgan fingerprint density at radius 2 is 2.15 bits per heavy atom. The molecule has 5 heteroatoms. The molecule has 1 amide bonds. The van der Waals surface area contributed by atoms with E-state index in [0.29, 0.717) is 5.56 Å². The molecule has 0 aliphatic carbocycles. The van der Waals surface area contributed by atoms with Gasteiger partial charge in [-0.2, -0.15) is 0 Å². The van der Waals surface area contributed by atoms with Gasteiger partial charge in [0, 0.05) is 5.56 Å². The Bertz CT molecular complexity index is 605. The molecule has 0 bridgehead atoms. The quantitative estimate of drug-likeness (QED) is 0.366. The Morgan fingerprint density at radius 3 is 2.90 bits per heavy atom. The minimum atomic E-state index is -0.479. The predicted octanol–water partition coefficient (Wildman–Crippen LogP) is 2.19. The molecule has 1 aromatic carbocycles. The number of allylic oxidation sites excluding steroid dienone is 1. The molecule has 0 aliphatic heterocycles. The summed E-state index contributed by atoms with van der Waals surface area (Å²) in [5, 5.41) is 0. The molecule has 0 saturated heterocycles. The van der Waals surface area contributed by atoms with Crippen LogP contribution in [0.1, 0.15) is 21.7 Å². The highest BCUT2D eigenvalue weighted by Crippen LogP contribution is 2.21. The summed E-state index contributed by atoms with van der Waals surface area (Å²) in [5.74, 6) is 5.53. The van der Waals surface area contributed by atoms with Crippen LogP contribution in [-0.4, -0.2) is 5.91 Å². The van der Waals surface area contributed by atoms with E-state index in [1.54, 1.807) is 6.07 Å². The van der Waals surface area contributed by atoms with Gasteiger partial charge >= 0.3 is 5.91 Å². The number of para-hydroxylation sites is 1. The van der Waals surface area contributed by atoms with Crippen LogP contribution in [0.4, 0.5) is 0 Å². The maximum absolute atomic E-state index is 11.5. The number of nitrogens with two attached hydrogens (primary N) is 1. The molecule has 0 spiro atoms. The van der Waals surface area contributed by atoms with Crippen LogP contribution in [0.15, 0.2) is 53.7 Å². The topological polar surface area (TPSA) is 77.5 Å². The maximum Gasteiger partial charge on any atom is 0.301 e. The number of hydrazine groups is 1. The zero-order chi connectivity index (χ0) is 14.4. The van der Waals surface area contributed by atoms with Crippen molar-refractivity contribution in [3.8, 4) is 5.75 Å². The van der Waals surface area contributed by atoms with E-state index in [9.17, 15) is 4.79 Å². The van der Waals surface area contributed by atoms with E-state index < -0.39 is 5.91 Å². The number of furan rings is 1. The smallest absolute Gasteiger partial charge is 0.301 e. The van der Waals surface area contributed by atoms with Gasteiger partial charge in [-0.15, -0.1) is 6.58 Å². The molecule has 0 fully saturated rings. The number of benzene rings is 1. The molecule has 20 heavy (non-hydrogen) atoms. The maximum atomic E-state index is 11.5. The van der Waals surface area contributed by atoms with Gasteiger partial charge in [0.1, 0.15) is 12.4 Å². The molecule has 2 rings (SSSR count). The number of amides is 1. The summed E-state index contributed by atoms with van der Waals surface area (Å²) in [6.07, 6.45) is 3.96. The zero-order valence-corrected chi connectivity index (χ0v) is 11.0. The summed E-state index contributed by atoms with van der Waals surface area (Å²) >= 11 is 0. The first kappa shape index (κ1) is 13.9. The average molecular weight is 272 g/mol. The Balaban J connectivity index is 2.11. The van der Waals surface area contributed by atoms with Crippen molar-refractivity contribution in [2.75, 3.05) is 0 Å². The van der Waals surface area contributed by atoms with E-state index in [4.69, 9.17) is 15.0 Å². The average Bonchev–Trinajstić information content (AvgIpc) is 2.94. The van der Waals surface area contributed by atoms with Gasteiger partial charge in [0.25, 0.3) is 0 Å². The first-order valence-electron chi connectivity index (χ1n) is 6.15. The summed E-state index contributed by atoms with van der Waals surface area (Å²) < 4.78 is 10.8. The Labute approximate surface area is 117 Å². The molecule has 2 aromatic rings. The standard InChI is InChI=1S/C15H16N2O3/c1-2-5-11-6-3-4-7-13(11)20-10-12-8-9-19-14(12)15(18)17-16/h2-4,6-9H,1,5,10,16H2,(H,17,18). The van der Waals surface area contributed by atoms with Crippen LogP contribution < -0.4 is 16.0 Å². The molecule has 3 N–H and O–H groups in total. The van der Waals surface area contributed by atoms with Crippen molar-refractivity contribution in [2.24, 2.45) is 5.84 Å². The van der Waals surface area contributed by atoms with Crippen molar-refractivity contribution in [1.82, 2.24) is 5.43 Å². The van der Waals surface area contributed by atoms with Gasteiger partial charge in [-0.3, -0.25) is 10.2 Å². The lowest BCUT2D eigenvalue weighted by Gasteiger charge is -2.10. The van der Waals surface area contributed by atoms with Crippen molar-refractivity contribution in [1.29, 1.82) is 0 Å². The lowest BCUT2D eigenvalue weighted by atomic mass is 10.1. The van der Waals surface area contributed by atoms with Crippen molar-refractivity contribution in [2.45, 2.75) is 13.0 Å². The van der Waals surface area contributed by atoms with Crippen molar-refractivity contribution in [3.63, 3.8) is 0 Å². The Hall–Kier alpha value is -2.53. The number of nitrogens with one attached hydrogen (secondary N) is 1. The summed E-state index contributed by atoms with van der Waals surface area (Å²) in [7, 11) is 0. The van der Waals surface area contributed by atoms with Crippen LogP contribution >= 0.6 is 0 Å². The minimum Gasteiger partial charge on any atom is -0.488 e. The molecular formula is C15H16N2O3. The van der Waals surface area contributed by atoms with E-state index in [1.807, 2.05) is 35.8 Å². The van der Waals surface area contributed by atoms with E-state index in [-0.39, 0.29) is 12.4 Å². The fourth-order valence-electron chi connectivity index (χ4n) is 1.84. The second-order valence-corrected chi connectivity index (χ2v) is 4.14. The monoisotopic (exact) mass is 272 g/mol.